The maximum atomic E-state index is 6.20. The van der Waals surface area contributed by atoms with E-state index in [-0.39, 0.29) is 0 Å². The monoisotopic (exact) mass is 241 g/mol. The Labute approximate surface area is 105 Å². The SMILES string of the molecule is CN(C)CC1CCN(C2COCCC2N)CC1. The third-order valence-electron chi connectivity index (χ3n) is 4.12. The first-order valence-corrected chi connectivity index (χ1v) is 6.89. The van der Waals surface area contributed by atoms with Gasteiger partial charge in [-0.25, -0.2) is 0 Å². The fourth-order valence-corrected chi connectivity index (χ4v) is 3.10. The van der Waals surface area contributed by atoms with Crippen LogP contribution in [0.5, 0.6) is 0 Å². The number of rotatable bonds is 3. The Morgan fingerprint density at radius 2 is 1.94 bits per heavy atom. The van der Waals surface area contributed by atoms with Crippen molar-refractivity contribution in [2.24, 2.45) is 11.7 Å². The first kappa shape index (κ1) is 13.3. The fraction of sp³-hybridized carbons (Fsp3) is 1.00. The van der Waals surface area contributed by atoms with Gasteiger partial charge in [0.05, 0.1) is 6.61 Å². The summed E-state index contributed by atoms with van der Waals surface area (Å²) in [5.74, 6) is 0.863. The predicted molar refractivity (Wildman–Crippen MR) is 70.1 cm³/mol. The van der Waals surface area contributed by atoms with Gasteiger partial charge in [0.15, 0.2) is 0 Å². The molecule has 2 saturated heterocycles. The van der Waals surface area contributed by atoms with Crippen LogP contribution in [-0.4, -0.2) is 68.8 Å². The number of ether oxygens (including phenoxy) is 1. The highest BCUT2D eigenvalue weighted by atomic mass is 16.5. The normalized spacial score (nSPS) is 33.2. The van der Waals surface area contributed by atoms with Gasteiger partial charge in [-0.15, -0.1) is 0 Å². The van der Waals surface area contributed by atoms with E-state index in [1.54, 1.807) is 0 Å². The molecule has 2 aliphatic rings. The molecule has 0 radical (unpaired) electrons. The second-order valence-corrected chi connectivity index (χ2v) is 5.84. The van der Waals surface area contributed by atoms with Crippen molar-refractivity contribution in [1.29, 1.82) is 0 Å². The first-order chi connectivity index (χ1) is 8.16. The molecule has 0 amide bonds. The Bertz CT molecular complexity index is 227. The first-order valence-electron chi connectivity index (χ1n) is 6.89. The summed E-state index contributed by atoms with van der Waals surface area (Å²) in [6.45, 7) is 5.29. The van der Waals surface area contributed by atoms with Crippen molar-refractivity contribution in [2.75, 3.05) is 46.9 Å². The molecule has 0 saturated carbocycles. The van der Waals surface area contributed by atoms with Crippen molar-refractivity contribution in [2.45, 2.75) is 31.3 Å². The van der Waals surface area contributed by atoms with E-state index in [0.29, 0.717) is 12.1 Å². The second-order valence-electron chi connectivity index (χ2n) is 5.84. The number of nitrogens with zero attached hydrogens (tertiary/aromatic N) is 2. The summed E-state index contributed by atoms with van der Waals surface area (Å²) in [5.41, 5.74) is 6.20. The lowest BCUT2D eigenvalue weighted by Gasteiger charge is -2.42. The molecule has 2 fully saturated rings. The molecule has 100 valence electrons. The van der Waals surface area contributed by atoms with E-state index < -0.39 is 0 Å². The minimum absolute atomic E-state index is 0.314. The van der Waals surface area contributed by atoms with Crippen LogP contribution in [0.25, 0.3) is 0 Å². The van der Waals surface area contributed by atoms with Gasteiger partial charge in [-0.3, -0.25) is 4.90 Å². The van der Waals surface area contributed by atoms with Gasteiger partial charge in [-0.2, -0.15) is 0 Å². The lowest BCUT2D eigenvalue weighted by Crippen LogP contribution is -2.55. The van der Waals surface area contributed by atoms with Crippen molar-refractivity contribution in [3.8, 4) is 0 Å². The molecule has 17 heavy (non-hydrogen) atoms. The van der Waals surface area contributed by atoms with Crippen LogP contribution in [0.15, 0.2) is 0 Å². The highest BCUT2D eigenvalue weighted by Gasteiger charge is 2.31. The highest BCUT2D eigenvalue weighted by molar-refractivity contribution is 4.87. The molecular weight excluding hydrogens is 214 g/mol. The molecule has 2 atom stereocenters. The maximum absolute atomic E-state index is 6.20. The molecule has 2 heterocycles. The number of nitrogens with two attached hydrogens (primary N) is 1. The van der Waals surface area contributed by atoms with E-state index in [1.807, 2.05) is 0 Å². The summed E-state index contributed by atoms with van der Waals surface area (Å²) in [6.07, 6.45) is 3.63. The van der Waals surface area contributed by atoms with Crippen molar-refractivity contribution in [1.82, 2.24) is 9.80 Å². The van der Waals surface area contributed by atoms with E-state index in [4.69, 9.17) is 10.5 Å². The third-order valence-corrected chi connectivity index (χ3v) is 4.12. The summed E-state index contributed by atoms with van der Waals surface area (Å²) in [5, 5.41) is 0. The van der Waals surface area contributed by atoms with Crippen molar-refractivity contribution < 1.29 is 4.74 Å². The van der Waals surface area contributed by atoms with E-state index in [1.165, 1.54) is 32.5 Å². The predicted octanol–water partition coefficient (Wildman–Crippen LogP) is 0.376. The number of piperidine rings is 1. The Kier molecular flexibility index (Phi) is 4.79. The molecule has 2 unspecified atom stereocenters. The fourth-order valence-electron chi connectivity index (χ4n) is 3.10. The van der Waals surface area contributed by atoms with E-state index in [9.17, 15) is 0 Å². The van der Waals surface area contributed by atoms with Crippen LogP contribution in [0.3, 0.4) is 0 Å². The van der Waals surface area contributed by atoms with Crippen LogP contribution in [-0.2, 0) is 4.74 Å². The van der Waals surface area contributed by atoms with Gasteiger partial charge in [0, 0.05) is 25.2 Å². The molecular formula is C13H27N3O. The van der Waals surface area contributed by atoms with Gasteiger partial charge < -0.3 is 15.4 Å². The second kappa shape index (κ2) is 6.14. The van der Waals surface area contributed by atoms with Gasteiger partial charge in [-0.05, 0) is 52.4 Å². The van der Waals surface area contributed by atoms with E-state index in [2.05, 4.69) is 23.9 Å². The van der Waals surface area contributed by atoms with Gasteiger partial charge in [0.25, 0.3) is 0 Å². The topological polar surface area (TPSA) is 41.7 Å². The molecule has 4 nitrogen and oxygen atoms in total. The zero-order chi connectivity index (χ0) is 12.3. The minimum atomic E-state index is 0.314. The zero-order valence-electron chi connectivity index (χ0n) is 11.3. The van der Waals surface area contributed by atoms with Crippen LogP contribution < -0.4 is 5.73 Å². The Morgan fingerprint density at radius 1 is 1.24 bits per heavy atom. The molecule has 2 rings (SSSR count). The van der Waals surface area contributed by atoms with Crippen LogP contribution in [0.4, 0.5) is 0 Å². The Morgan fingerprint density at radius 3 is 2.53 bits per heavy atom. The molecule has 4 heteroatoms. The molecule has 2 N–H and O–H groups in total. The molecule has 0 aromatic rings. The van der Waals surface area contributed by atoms with Gasteiger partial charge in [-0.1, -0.05) is 0 Å². The van der Waals surface area contributed by atoms with Crippen LogP contribution in [0, 0.1) is 5.92 Å². The van der Waals surface area contributed by atoms with Gasteiger partial charge in [0.1, 0.15) is 0 Å². The van der Waals surface area contributed by atoms with Gasteiger partial charge >= 0.3 is 0 Å². The van der Waals surface area contributed by atoms with Crippen molar-refractivity contribution >= 4 is 0 Å². The van der Waals surface area contributed by atoms with E-state index in [0.717, 1.165) is 25.6 Å². The summed E-state index contributed by atoms with van der Waals surface area (Å²) in [6, 6.07) is 0.776. The minimum Gasteiger partial charge on any atom is -0.380 e. The number of likely N-dealkylation sites (tertiary alicyclic amines) is 1. The molecule has 0 bridgehead atoms. The summed E-state index contributed by atoms with van der Waals surface area (Å²) >= 11 is 0. The summed E-state index contributed by atoms with van der Waals surface area (Å²) < 4.78 is 5.57. The highest BCUT2D eigenvalue weighted by Crippen LogP contribution is 2.22. The standard InChI is InChI=1S/C13H27N3O/c1-15(2)9-11-3-6-16(7-4-11)13-10-17-8-5-12(13)14/h11-13H,3-10,14H2,1-2H3. The molecule has 0 aliphatic carbocycles. The Hall–Kier alpha value is -0.160. The van der Waals surface area contributed by atoms with Crippen molar-refractivity contribution in [3.63, 3.8) is 0 Å². The Balaban J connectivity index is 1.78. The summed E-state index contributed by atoms with van der Waals surface area (Å²) in [4.78, 5) is 4.85. The average molecular weight is 241 g/mol. The average Bonchev–Trinajstić information content (AvgIpc) is 2.30. The molecule has 2 aliphatic heterocycles. The largest absolute Gasteiger partial charge is 0.380 e. The third kappa shape index (κ3) is 3.65. The zero-order valence-corrected chi connectivity index (χ0v) is 11.3. The van der Waals surface area contributed by atoms with Crippen LogP contribution in [0.1, 0.15) is 19.3 Å². The number of hydrogen-bond donors (Lipinski definition) is 1. The molecule has 0 aromatic carbocycles. The lowest BCUT2D eigenvalue weighted by molar-refractivity contribution is -0.00762. The van der Waals surface area contributed by atoms with E-state index >= 15 is 0 Å². The maximum Gasteiger partial charge on any atom is 0.0636 e. The number of hydrogen-bond acceptors (Lipinski definition) is 4. The van der Waals surface area contributed by atoms with Crippen molar-refractivity contribution in [3.05, 3.63) is 0 Å². The molecule has 0 aromatic heterocycles. The van der Waals surface area contributed by atoms with Crippen LogP contribution in [0.2, 0.25) is 0 Å². The van der Waals surface area contributed by atoms with Crippen LogP contribution >= 0.6 is 0 Å². The lowest BCUT2D eigenvalue weighted by atomic mass is 9.93. The molecule has 0 spiro atoms. The smallest absolute Gasteiger partial charge is 0.0636 e. The summed E-state index contributed by atoms with van der Waals surface area (Å²) in [7, 11) is 4.33. The quantitative estimate of drug-likeness (QED) is 0.775. The van der Waals surface area contributed by atoms with Gasteiger partial charge in [0.2, 0.25) is 0 Å².